The van der Waals surface area contributed by atoms with Gasteiger partial charge >= 0.3 is 5.97 Å². The fourth-order valence-electron chi connectivity index (χ4n) is 1.92. The molecule has 1 N–H and O–H groups in total. The number of rotatable bonds is 4. The third-order valence-corrected chi connectivity index (χ3v) is 4.34. The van der Waals surface area contributed by atoms with Crippen LogP contribution in [-0.4, -0.2) is 16.1 Å². The van der Waals surface area contributed by atoms with Crippen LogP contribution in [0.1, 0.15) is 27.9 Å². The van der Waals surface area contributed by atoms with Gasteiger partial charge in [0.1, 0.15) is 0 Å². The van der Waals surface area contributed by atoms with E-state index in [9.17, 15) is 4.79 Å². The molecule has 0 saturated heterocycles. The highest BCUT2D eigenvalue weighted by molar-refractivity contribution is 7.12. The first-order chi connectivity index (χ1) is 9.01. The largest absolute Gasteiger partial charge is 0.481 e. The Morgan fingerprint density at radius 1 is 1.32 bits per heavy atom. The van der Waals surface area contributed by atoms with Crippen molar-refractivity contribution in [3.63, 3.8) is 0 Å². The molecular formula is C15H17NO2S. The Morgan fingerprint density at radius 3 is 2.63 bits per heavy atom. The summed E-state index contributed by atoms with van der Waals surface area (Å²) < 4.78 is 0. The van der Waals surface area contributed by atoms with Crippen molar-refractivity contribution in [1.82, 2.24) is 4.98 Å². The number of carboxylic acids is 1. The molecular weight excluding hydrogens is 258 g/mol. The highest BCUT2D eigenvalue weighted by Gasteiger charge is 2.15. The van der Waals surface area contributed by atoms with Gasteiger partial charge in [-0.3, -0.25) is 4.79 Å². The molecule has 0 aliphatic rings. The molecule has 0 unspecified atom stereocenters. The number of thiazole rings is 1. The summed E-state index contributed by atoms with van der Waals surface area (Å²) in [4.78, 5) is 16.4. The van der Waals surface area contributed by atoms with Crippen LogP contribution < -0.4 is 0 Å². The fraction of sp³-hybridized carbons (Fsp3) is 0.333. The summed E-state index contributed by atoms with van der Waals surface area (Å²) in [7, 11) is 0. The summed E-state index contributed by atoms with van der Waals surface area (Å²) in [5, 5.41) is 9.99. The third-order valence-electron chi connectivity index (χ3n) is 3.14. The number of hydrogen-bond donors (Lipinski definition) is 1. The first-order valence-electron chi connectivity index (χ1n) is 6.29. The smallest absolute Gasteiger partial charge is 0.308 e. The standard InChI is InChI=1S/C15H17NO2S/c1-4-13-16-15(12(19-13)8-14(17)18)11-6-5-9(2)10(3)7-11/h5-7H,4,8H2,1-3H3,(H,17,18). The summed E-state index contributed by atoms with van der Waals surface area (Å²) in [6, 6.07) is 6.15. The van der Waals surface area contributed by atoms with E-state index in [0.717, 1.165) is 27.6 Å². The highest BCUT2D eigenvalue weighted by Crippen LogP contribution is 2.30. The topological polar surface area (TPSA) is 50.2 Å². The van der Waals surface area contributed by atoms with E-state index >= 15 is 0 Å². The quantitative estimate of drug-likeness (QED) is 0.927. The average molecular weight is 275 g/mol. The molecule has 3 nitrogen and oxygen atoms in total. The van der Waals surface area contributed by atoms with Gasteiger partial charge in [-0.25, -0.2) is 4.98 Å². The maximum absolute atomic E-state index is 10.9. The van der Waals surface area contributed by atoms with Gasteiger partial charge < -0.3 is 5.11 Å². The van der Waals surface area contributed by atoms with Gasteiger partial charge in [0.15, 0.2) is 0 Å². The maximum Gasteiger partial charge on any atom is 0.308 e. The zero-order valence-corrected chi connectivity index (χ0v) is 12.2. The number of hydrogen-bond acceptors (Lipinski definition) is 3. The molecule has 0 spiro atoms. The lowest BCUT2D eigenvalue weighted by atomic mass is 10.0. The molecule has 0 aliphatic heterocycles. The number of aromatic nitrogens is 1. The number of benzene rings is 1. The zero-order valence-electron chi connectivity index (χ0n) is 11.4. The summed E-state index contributed by atoms with van der Waals surface area (Å²) in [5.41, 5.74) is 4.27. The third kappa shape index (κ3) is 3.01. The molecule has 0 saturated carbocycles. The minimum atomic E-state index is -0.809. The van der Waals surface area contributed by atoms with Crippen molar-refractivity contribution in [2.45, 2.75) is 33.6 Å². The normalized spacial score (nSPS) is 10.7. The van der Waals surface area contributed by atoms with Crippen molar-refractivity contribution in [2.75, 3.05) is 0 Å². The first-order valence-corrected chi connectivity index (χ1v) is 7.11. The van der Waals surface area contributed by atoms with Crippen LogP contribution in [0, 0.1) is 13.8 Å². The summed E-state index contributed by atoms with van der Waals surface area (Å²) >= 11 is 1.50. The lowest BCUT2D eigenvalue weighted by Crippen LogP contribution is -1.99. The van der Waals surface area contributed by atoms with Crippen molar-refractivity contribution >= 4 is 17.3 Å². The molecule has 100 valence electrons. The number of aliphatic carboxylic acids is 1. The molecule has 1 heterocycles. The Morgan fingerprint density at radius 2 is 2.05 bits per heavy atom. The van der Waals surface area contributed by atoms with Gasteiger partial charge in [0.25, 0.3) is 0 Å². The Labute approximate surface area is 116 Å². The molecule has 0 radical (unpaired) electrons. The van der Waals surface area contributed by atoms with Gasteiger partial charge in [-0.05, 0) is 37.5 Å². The van der Waals surface area contributed by atoms with Crippen molar-refractivity contribution in [3.05, 3.63) is 39.2 Å². The number of carbonyl (C=O) groups is 1. The molecule has 0 atom stereocenters. The zero-order chi connectivity index (χ0) is 14.0. The molecule has 0 bridgehead atoms. The second-order valence-corrected chi connectivity index (χ2v) is 5.77. The van der Waals surface area contributed by atoms with Crippen LogP contribution in [0.2, 0.25) is 0 Å². The van der Waals surface area contributed by atoms with E-state index in [2.05, 4.69) is 31.0 Å². The number of carboxylic acid groups (broad SMARTS) is 1. The molecule has 1 aromatic heterocycles. The van der Waals surface area contributed by atoms with E-state index in [0.29, 0.717) is 0 Å². The lowest BCUT2D eigenvalue weighted by Gasteiger charge is -2.04. The van der Waals surface area contributed by atoms with Gasteiger partial charge in [-0.15, -0.1) is 11.3 Å². The summed E-state index contributed by atoms with van der Waals surface area (Å²) in [5.74, 6) is -0.809. The Balaban J connectivity index is 2.49. The van der Waals surface area contributed by atoms with Crippen molar-refractivity contribution in [3.8, 4) is 11.3 Å². The van der Waals surface area contributed by atoms with E-state index in [4.69, 9.17) is 5.11 Å². The molecule has 4 heteroatoms. The number of aryl methyl sites for hydroxylation is 3. The predicted molar refractivity (Wildman–Crippen MR) is 77.7 cm³/mol. The predicted octanol–water partition coefficient (Wildman–Crippen LogP) is 3.62. The van der Waals surface area contributed by atoms with E-state index in [1.807, 2.05) is 13.0 Å². The fourth-order valence-corrected chi connectivity index (χ4v) is 2.94. The highest BCUT2D eigenvalue weighted by atomic mass is 32.1. The maximum atomic E-state index is 10.9. The Bertz CT molecular complexity index is 617. The second-order valence-electron chi connectivity index (χ2n) is 4.60. The van der Waals surface area contributed by atoms with Crippen LogP contribution in [0.3, 0.4) is 0 Å². The molecule has 0 amide bonds. The number of nitrogens with zero attached hydrogens (tertiary/aromatic N) is 1. The van der Waals surface area contributed by atoms with Gasteiger partial charge in [-0.2, -0.15) is 0 Å². The molecule has 0 fully saturated rings. The molecule has 2 rings (SSSR count). The van der Waals surface area contributed by atoms with Gasteiger partial charge in [-0.1, -0.05) is 19.1 Å². The van der Waals surface area contributed by atoms with Crippen LogP contribution in [0.15, 0.2) is 18.2 Å². The second kappa shape index (κ2) is 5.53. The molecule has 19 heavy (non-hydrogen) atoms. The van der Waals surface area contributed by atoms with Crippen LogP contribution in [-0.2, 0) is 17.6 Å². The van der Waals surface area contributed by atoms with Crippen LogP contribution >= 0.6 is 11.3 Å². The monoisotopic (exact) mass is 275 g/mol. The average Bonchev–Trinajstić information content (AvgIpc) is 2.75. The minimum Gasteiger partial charge on any atom is -0.481 e. The van der Waals surface area contributed by atoms with Crippen molar-refractivity contribution < 1.29 is 9.90 Å². The Hall–Kier alpha value is -1.68. The van der Waals surface area contributed by atoms with E-state index in [1.165, 1.54) is 22.5 Å². The first kappa shape index (κ1) is 13.7. The molecule has 0 aliphatic carbocycles. The summed E-state index contributed by atoms with van der Waals surface area (Å²) in [6.07, 6.45) is 0.877. The van der Waals surface area contributed by atoms with Crippen molar-refractivity contribution in [2.24, 2.45) is 0 Å². The molecule has 1 aromatic carbocycles. The summed E-state index contributed by atoms with van der Waals surface area (Å²) in [6.45, 7) is 6.16. The van der Waals surface area contributed by atoms with Gasteiger partial charge in [0, 0.05) is 10.4 Å². The van der Waals surface area contributed by atoms with Crippen molar-refractivity contribution in [1.29, 1.82) is 0 Å². The lowest BCUT2D eigenvalue weighted by molar-refractivity contribution is -0.136. The van der Waals surface area contributed by atoms with Crippen LogP contribution in [0.4, 0.5) is 0 Å². The van der Waals surface area contributed by atoms with Gasteiger partial charge in [0.2, 0.25) is 0 Å². The minimum absolute atomic E-state index is 0.0416. The van der Waals surface area contributed by atoms with E-state index < -0.39 is 5.97 Å². The van der Waals surface area contributed by atoms with E-state index in [-0.39, 0.29) is 6.42 Å². The SMILES string of the molecule is CCc1nc(-c2ccc(C)c(C)c2)c(CC(=O)O)s1. The molecule has 2 aromatic rings. The Kier molecular flexibility index (Phi) is 4.00. The van der Waals surface area contributed by atoms with Crippen LogP contribution in [0.25, 0.3) is 11.3 Å². The van der Waals surface area contributed by atoms with E-state index in [1.54, 1.807) is 0 Å². The van der Waals surface area contributed by atoms with Crippen LogP contribution in [0.5, 0.6) is 0 Å². The van der Waals surface area contributed by atoms with Gasteiger partial charge in [0.05, 0.1) is 17.1 Å².